The van der Waals surface area contributed by atoms with Gasteiger partial charge in [0, 0.05) is 50.7 Å². The van der Waals surface area contributed by atoms with Crippen LogP contribution in [-0.4, -0.2) is 84.4 Å². The molecular weight excluding hydrogens is 438 g/mol. The van der Waals surface area contributed by atoms with Crippen LogP contribution in [0, 0.1) is 23.2 Å². The first-order valence-corrected chi connectivity index (χ1v) is 14.1. The number of urea groups is 1. The summed E-state index contributed by atoms with van der Waals surface area (Å²) in [6.45, 7) is 7.63. The average molecular weight is 480 g/mol. The fourth-order valence-electron chi connectivity index (χ4n) is 9.81. The number of phenols is 1. The quantitative estimate of drug-likeness (QED) is 0.715. The number of ether oxygens (including phenoxy) is 1. The van der Waals surface area contributed by atoms with Crippen molar-refractivity contribution in [3.05, 3.63) is 29.3 Å². The maximum atomic E-state index is 13.6. The van der Waals surface area contributed by atoms with Crippen molar-refractivity contribution in [2.75, 3.05) is 46.4 Å². The Bertz CT molecular complexity index is 1020. The normalized spacial score (nSPS) is 40.2. The molecule has 2 saturated heterocycles. The molecule has 35 heavy (non-hydrogen) atoms. The molecule has 1 spiro atoms. The Kier molecular flexibility index (Phi) is 5.03. The Labute approximate surface area is 209 Å². The van der Waals surface area contributed by atoms with E-state index in [1.54, 1.807) is 0 Å². The van der Waals surface area contributed by atoms with Gasteiger partial charge in [0.05, 0.1) is 13.2 Å². The zero-order valence-electron chi connectivity index (χ0n) is 21.4. The van der Waals surface area contributed by atoms with Crippen molar-refractivity contribution in [3.63, 3.8) is 0 Å². The van der Waals surface area contributed by atoms with E-state index in [1.165, 1.54) is 56.3 Å². The molecule has 7 rings (SSSR count). The maximum absolute atomic E-state index is 13.6. The number of nitrogens with zero attached hydrogens (tertiary/aromatic N) is 3. The van der Waals surface area contributed by atoms with Crippen LogP contribution in [0.2, 0.25) is 0 Å². The molecule has 2 bridgehead atoms. The first kappa shape index (κ1) is 22.4. The number of carbonyl (C=O) groups is 1. The van der Waals surface area contributed by atoms with Crippen LogP contribution in [-0.2, 0) is 16.6 Å². The summed E-state index contributed by atoms with van der Waals surface area (Å²) < 4.78 is 5.51. The van der Waals surface area contributed by atoms with E-state index in [0.29, 0.717) is 49.9 Å². The molecule has 6 unspecified atom stereocenters. The third-order valence-electron chi connectivity index (χ3n) is 11.4. The molecule has 4 aliphatic carbocycles. The Balaban J connectivity index is 1.30. The Morgan fingerprint density at radius 1 is 1.17 bits per heavy atom. The molecule has 1 aromatic rings. The number of carbonyl (C=O) groups excluding carboxylic acids is 1. The number of aromatic hydroxyl groups is 1. The highest BCUT2D eigenvalue weighted by Gasteiger charge is 2.74. The molecule has 2 heterocycles. The standard InChI is InChI=1S/C29H41N3O3/c1-19-28-9-7-24(26(8-10-28)30(2)27(34)31-11-13-35-14-12-31)29(28)22(18-32(19)17-20-3-4-20)15-21-5-6-23(33)16-25(21)29/h5-6,16,19-20,22,24,26,33H,3-4,7-15,17-18H2,1-2H3. The van der Waals surface area contributed by atoms with E-state index >= 15 is 0 Å². The molecule has 5 fully saturated rings. The maximum Gasteiger partial charge on any atom is 0.320 e. The van der Waals surface area contributed by atoms with Crippen molar-refractivity contribution >= 4 is 6.03 Å². The molecule has 0 aromatic heterocycles. The van der Waals surface area contributed by atoms with Gasteiger partial charge in [-0.15, -0.1) is 0 Å². The van der Waals surface area contributed by atoms with Gasteiger partial charge in [0.1, 0.15) is 5.75 Å². The molecule has 2 amide bonds. The molecule has 2 aliphatic heterocycles. The van der Waals surface area contributed by atoms with Gasteiger partial charge in [-0.25, -0.2) is 4.79 Å². The van der Waals surface area contributed by atoms with Gasteiger partial charge in [0.25, 0.3) is 0 Å². The first-order chi connectivity index (χ1) is 17.0. The van der Waals surface area contributed by atoms with Crippen LogP contribution in [0.15, 0.2) is 18.2 Å². The minimum absolute atomic E-state index is 0.0724. The van der Waals surface area contributed by atoms with Crippen LogP contribution in [0.3, 0.4) is 0 Å². The highest BCUT2D eigenvalue weighted by molar-refractivity contribution is 5.75. The number of rotatable bonds is 3. The topological polar surface area (TPSA) is 56.2 Å². The molecule has 1 N–H and O–H groups in total. The van der Waals surface area contributed by atoms with Crippen LogP contribution in [0.5, 0.6) is 5.75 Å². The molecule has 190 valence electrons. The van der Waals surface area contributed by atoms with E-state index < -0.39 is 0 Å². The minimum Gasteiger partial charge on any atom is -0.508 e. The number of benzene rings is 1. The van der Waals surface area contributed by atoms with Gasteiger partial charge in [0.2, 0.25) is 0 Å². The lowest BCUT2D eigenvalue weighted by atomic mass is 9.45. The molecule has 1 aromatic carbocycles. The van der Waals surface area contributed by atoms with Gasteiger partial charge in [0.15, 0.2) is 0 Å². The predicted octanol–water partition coefficient (Wildman–Crippen LogP) is 3.86. The molecule has 3 saturated carbocycles. The Morgan fingerprint density at radius 3 is 2.71 bits per heavy atom. The number of piperidine rings is 1. The van der Waals surface area contributed by atoms with E-state index in [4.69, 9.17) is 4.74 Å². The molecule has 6 aliphatic rings. The summed E-state index contributed by atoms with van der Waals surface area (Å²) in [5.74, 6) is 2.35. The first-order valence-electron chi connectivity index (χ1n) is 14.1. The average Bonchev–Trinajstić information content (AvgIpc) is 3.60. The number of likely N-dealkylation sites (tertiary alicyclic amines) is 1. The molecule has 6 heteroatoms. The third-order valence-corrected chi connectivity index (χ3v) is 11.4. The summed E-state index contributed by atoms with van der Waals surface area (Å²) >= 11 is 0. The van der Waals surface area contributed by atoms with Gasteiger partial charge in [-0.3, -0.25) is 4.90 Å². The fourth-order valence-corrected chi connectivity index (χ4v) is 9.81. The summed E-state index contributed by atoms with van der Waals surface area (Å²) in [7, 11) is 2.06. The lowest BCUT2D eigenvalue weighted by Crippen LogP contribution is -2.70. The summed E-state index contributed by atoms with van der Waals surface area (Å²) in [6, 6.07) is 7.21. The smallest absolute Gasteiger partial charge is 0.320 e. The molecule has 6 atom stereocenters. The lowest BCUT2D eigenvalue weighted by Gasteiger charge is -2.65. The second kappa shape index (κ2) is 7.85. The second-order valence-corrected chi connectivity index (χ2v) is 12.6. The monoisotopic (exact) mass is 479 g/mol. The number of hydrogen-bond donors (Lipinski definition) is 1. The highest BCUT2D eigenvalue weighted by Crippen LogP contribution is 2.74. The third kappa shape index (κ3) is 2.99. The Morgan fingerprint density at radius 2 is 1.94 bits per heavy atom. The van der Waals surface area contributed by atoms with Gasteiger partial charge >= 0.3 is 6.03 Å². The van der Waals surface area contributed by atoms with Gasteiger partial charge in [-0.1, -0.05) is 6.07 Å². The van der Waals surface area contributed by atoms with Crippen LogP contribution < -0.4 is 0 Å². The van der Waals surface area contributed by atoms with Gasteiger partial charge < -0.3 is 19.6 Å². The minimum atomic E-state index is 0.0724. The number of hydrogen-bond acceptors (Lipinski definition) is 4. The van der Waals surface area contributed by atoms with E-state index in [-0.39, 0.29) is 22.9 Å². The molecule has 0 radical (unpaired) electrons. The lowest BCUT2D eigenvalue weighted by molar-refractivity contribution is -0.117. The Hall–Kier alpha value is -1.79. The number of fused-ring (bicyclic) bond motifs is 1. The van der Waals surface area contributed by atoms with Crippen LogP contribution in [0.1, 0.15) is 56.6 Å². The number of morpholine rings is 1. The van der Waals surface area contributed by atoms with Gasteiger partial charge in [-0.2, -0.15) is 0 Å². The van der Waals surface area contributed by atoms with Crippen molar-refractivity contribution in [2.45, 2.75) is 69.4 Å². The van der Waals surface area contributed by atoms with Crippen LogP contribution in [0.4, 0.5) is 4.79 Å². The predicted molar refractivity (Wildman–Crippen MR) is 134 cm³/mol. The molecule has 6 nitrogen and oxygen atoms in total. The van der Waals surface area contributed by atoms with Crippen molar-refractivity contribution < 1.29 is 14.6 Å². The summed E-state index contributed by atoms with van der Waals surface area (Å²) in [4.78, 5) is 20.6. The SMILES string of the molecule is CC1N(CC2CC2)CC2Cc3ccc(O)cc3C23C2CCC13CCC2N(C)C(=O)N1CCOCC1. The van der Waals surface area contributed by atoms with E-state index in [1.807, 2.05) is 11.0 Å². The number of phenolic OH excluding ortho intramolecular Hbond substituents is 1. The summed E-state index contributed by atoms with van der Waals surface area (Å²) in [5, 5.41) is 10.6. The largest absolute Gasteiger partial charge is 0.508 e. The van der Waals surface area contributed by atoms with E-state index in [0.717, 1.165) is 18.8 Å². The highest BCUT2D eigenvalue weighted by atomic mass is 16.5. The molecular formula is C29H41N3O3. The van der Waals surface area contributed by atoms with Gasteiger partial charge in [-0.05, 0) is 98.3 Å². The van der Waals surface area contributed by atoms with Crippen molar-refractivity contribution in [1.29, 1.82) is 0 Å². The summed E-state index contributed by atoms with van der Waals surface area (Å²) in [5.41, 5.74) is 3.20. The van der Waals surface area contributed by atoms with Crippen molar-refractivity contribution in [3.8, 4) is 5.75 Å². The fraction of sp³-hybridized carbons (Fsp3) is 0.759. The second-order valence-electron chi connectivity index (χ2n) is 12.6. The number of amides is 2. The van der Waals surface area contributed by atoms with E-state index in [9.17, 15) is 9.90 Å². The van der Waals surface area contributed by atoms with Crippen molar-refractivity contribution in [1.82, 2.24) is 14.7 Å². The zero-order valence-corrected chi connectivity index (χ0v) is 21.4. The van der Waals surface area contributed by atoms with E-state index in [2.05, 4.69) is 35.9 Å². The zero-order chi connectivity index (χ0) is 23.9. The van der Waals surface area contributed by atoms with Crippen LogP contribution >= 0.6 is 0 Å². The summed E-state index contributed by atoms with van der Waals surface area (Å²) in [6.07, 6.45) is 8.65. The van der Waals surface area contributed by atoms with Crippen molar-refractivity contribution in [2.24, 2.45) is 23.2 Å². The van der Waals surface area contributed by atoms with Crippen LogP contribution in [0.25, 0.3) is 0 Å².